The first-order valence-corrected chi connectivity index (χ1v) is 6.37. The highest BCUT2D eigenvalue weighted by molar-refractivity contribution is 5.14. The molecule has 17 heavy (non-hydrogen) atoms. The molecule has 1 aromatic carbocycles. The van der Waals surface area contributed by atoms with Crippen LogP contribution in [0.5, 0.6) is 0 Å². The standard InChI is InChI=1S/C14H22N2O/c1-16(11-12-6-3-2-4-7-12)13(10-15)14-8-5-9-17-14/h2-4,6-7,13-14H,5,8-11,15H2,1H3. The summed E-state index contributed by atoms with van der Waals surface area (Å²) in [5.74, 6) is 0. The minimum atomic E-state index is 0.314. The first kappa shape index (κ1) is 12.6. The van der Waals surface area contributed by atoms with Crippen LogP contribution in [0.3, 0.4) is 0 Å². The van der Waals surface area contributed by atoms with Gasteiger partial charge in [-0.15, -0.1) is 0 Å². The molecule has 0 bridgehead atoms. The maximum absolute atomic E-state index is 5.89. The van der Waals surface area contributed by atoms with E-state index in [2.05, 4.69) is 36.2 Å². The molecule has 1 aliphatic rings. The lowest BCUT2D eigenvalue weighted by Gasteiger charge is -2.31. The Morgan fingerprint density at radius 3 is 2.76 bits per heavy atom. The summed E-state index contributed by atoms with van der Waals surface area (Å²) in [7, 11) is 2.13. The SMILES string of the molecule is CN(Cc1ccccc1)C(CN)C1CCCO1. The number of ether oxygens (including phenoxy) is 1. The van der Waals surface area contributed by atoms with Gasteiger partial charge >= 0.3 is 0 Å². The molecular weight excluding hydrogens is 212 g/mol. The van der Waals surface area contributed by atoms with Gasteiger partial charge in [0.05, 0.1) is 6.10 Å². The van der Waals surface area contributed by atoms with Crippen LogP contribution in [0.15, 0.2) is 30.3 Å². The molecule has 0 spiro atoms. The zero-order chi connectivity index (χ0) is 12.1. The second kappa shape index (κ2) is 6.15. The van der Waals surface area contributed by atoms with E-state index in [0.29, 0.717) is 18.7 Å². The molecule has 2 N–H and O–H groups in total. The number of hydrogen-bond acceptors (Lipinski definition) is 3. The van der Waals surface area contributed by atoms with E-state index in [9.17, 15) is 0 Å². The van der Waals surface area contributed by atoms with Crippen molar-refractivity contribution in [3.8, 4) is 0 Å². The lowest BCUT2D eigenvalue weighted by atomic mass is 10.1. The van der Waals surface area contributed by atoms with Gasteiger partial charge in [-0.25, -0.2) is 0 Å². The van der Waals surface area contributed by atoms with Crippen molar-refractivity contribution in [3.63, 3.8) is 0 Å². The Balaban J connectivity index is 1.95. The number of rotatable bonds is 5. The van der Waals surface area contributed by atoms with Crippen LogP contribution >= 0.6 is 0 Å². The predicted molar refractivity (Wildman–Crippen MR) is 69.7 cm³/mol. The Kier molecular flexibility index (Phi) is 4.54. The highest BCUT2D eigenvalue weighted by Gasteiger charge is 2.27. The topological polar surface area (TPSA) is 38.5 Å². The largest absolute Gasteiger partial charge is 0.377 e. The normalized spacial score (nSPS) is 21.9. The molecule has 1 fully saturated rings. The minimum absolute atomic E-state index is 0.314. The zero-order valence-corrected chi connectivity index (χ0v) is 10.5. The van der Waals surface area contributed by atoms with Crippen molar-refractivity contribution in [2.24, 2.45) is 5.73 Å². The smallest absolute Gasteiger partial charge is 0.0743 e. The van der Waals surface area contributed by atoms with Crippen molar-refractivity contribution >= 4 is 0 Å². The van der Waals surface area contributed by atoms with E-state index in [0.717, 1.165) is 19.6 Å². The van der Waals surface area contributed by atoms with Gasteiger partial charge in [-0.05, 0) is 25.5 Å². The highest BCUT2D eigenvalue weighted by Crippen LogP contribution is 2.19. The average Bonchev–Trinajstić information content (AvgIpc) is 2.85. The number of nitrogens with two attached hydrogens (primary N) is 1. The molecule has 2 rings (SSSR count). The van der Waals surface area contributed by atoms with Crippen molar-refractivity contribution in [2.75, 3.05) is 20.2 Å². The second-order valence-corrected chi connectivity index (χ2v) is 4.76. The monoisotopic (exact) mass is 234 g/mol. The van der Waals surface area contributed by atoms with Crippen LogP contribution in [0.1, 0.15) is 18.4 Å². The quantitative estimate of drug-likeness (QED) is 0.841. The fourth-order valence-electron chi connectivity index (χ4n) is 2.51. The average molecular weight is 234 g/mol. The Labute approximate surface area is 104 Å². The fraction of sp³-hybridized carbons (Fsp3) is 0.571. The Hall–Kier alpha value is -0.900. The fourth-order valence-corrected chi connectivity index (χ4v) is 2.51. The van der Waals surface area contributed by atoms with Crippen LogP contribution in [0.25, 0.3) is 0 Å². The number of benzene rings is 1. The molecule has 0 radical (unpaired) electrons. The summed E-state index contributed by atoms with van der Waals surface area (Å²) in [5.41, 5.74) is 7.21. The molecule has 0 aromatic heterocycles. The first-order valence-electron chi connectivity index (χ1n) is 6.37. The van der Waals surface area contributed by atoms with E-state index in [1.165, 1.54) is 12.0 Å². The third kappa shape index (κ3) is 3.28. The van der Waals surface area contributed by atoms with Crippen molar-refractivity contribution in [2.45, 2.75) is 31.5 Å². The Morgan fingerprint density at radius 2 is 2.18 bits per heavy atom. The molecule has 1 heterocycles. The van der Waals surface area contributed by atoms with Gasteiger partial charge < -0.3 is 10.5 Å². The molecule has 2 unspecified atom stereocenters. The molecule has 1 saturated heterocycles. The Morgan fingerprint density at radius 1 is 1.41 bits per heavy atom. The first-order chi connectivity index (χ1) is 8.31. The van der Waals surface area contributed by atoms with E-state index < -0.39 is 0 Å². The number of hydrogen-bond donors (Lipinski definition) is 1. The maximum Gasteiger partial charge on any atom is 0.0743 e. The summed E-state index contributed by atoms with van der Waals surface area (Å²) < 4.78 is 5.74. The summed E-state index contributed by atoms with van der Waals surface area (Å²) in [4.78, 5) is 2.31. The minimum Gasteiger partial charge on any atom is -0.377 e. The lowest BCUT2D eigenvalue weighted by Crippen LogP contribution is -2.45. The van der Waals surface area contributed by atoms with Crippen molar-refractivity contribution in [3.05, 3.63) is 35.9 Å². The molecule has 0 aliphatic carbocycles. The highest BCUT2D eigenvalue weighted by atomic mass is 16.5. The van der Waals surface area contributed by atoms with Crippen LogP contribution in [0.4, 0.5) is 0 Å². The van der Waals surface area contributed by atoms with Crippen molar-refractivity contribution in [1.29, 1.82) is 0 Å². The van der Waals surface area contributed by atoms with Crippen LogP contribution in [-0.2, 0) is 11.3 Å². The van der Waals surface area contributed by atoms with E-state index in [4.69, 9.17) is 10.5 Å². The van der Waals surface area contributed by atoms with Gasteiger partial charge in [-0.3, -0.25) is 4.90 Å². The van der Waals surface area contributed by atoms with Crippen LogP contribution in [-0.4, -0.2) is 37.2 Å². The summed E-state index contributed by atoms with van der Waals surface area (Å²) in [6.07, 6.45) is 2.62. The lowest BCUT2D eigenvalue weighted by molar-refractivity contribution is 0.0347. The van der Waals surface area contributed by atoms with Crippen molar-refractivity contribution < 1.29 is 4.74 Å². The molecular formula is C14H22N2O. The molecule has 1 aliphatic heterocycles. The van der Waals surface area contributed by atoms with Crippen LogP contribution < -0.4 is 5.73 Å². The van der Waals surface area contributed by atoms with Gasteiger partial charge in [0.1, 0.15) is 0 Å². The third-order valence-electron chi connectivity index (χ3n) is 3.48. The number of nitrogens with zero attached hydrogens (tertiary/aromatic N) is 1. The van der Waals surface area contributed by atoms with E-state index in [1.54, 1.807) is 0 Å². The Bertz CT molecular complexity index is 322. The summed E-state index contributed by atoms with van der Waals surface area (Å²) in [5, 5.41) is 0. The summed E-state index contributed by atoms with van der Waals surface area (Å²) >= 11 is 0. The molecule has 2 atom stereocenters. The van der Waals surface area contributed by atoms with Gasteiger partial charge in [0.15, 0.2) is 0 Å². The van der Waals surface area contributed by atoms with Crippen LogP contribution in [0, 0.1) is 0 Å². The van der Waals surface area contributed by atoms with Crippen molar-refractivity contribution in [1.82, 2.24) is 4.90 Å². The number of likely N-dealkylation sites (N-methyl/N-ethyl adjacent to an activating group) is 1. The van der Waals surface area contributed by atoms with Gasteiger partial charge in [0.25, 0.3) is 0 Å². The third-order valence-corrected chi connectivity index (χ3v) is 3.48. The van der Waals surface area contributed by atoms with Gasteiger partial charge in [-0.1, -0.05) is 30.3 Å². The second-order valence-electron chi connectivity index (χ2n) is 4.76. The van der Waals surface area contributed by atoms with Gasteiger partial charge in [-0.2, -0.15) is 0 Å². The molecule has 0 saturated carbocycles. The van der Waals surface area contributed by atoms with E-state index in [1.807, 2.05) is 6.07 Å². The molecule has 3 nitrogen and oxygen atoms in total. The molecule has 1 aromatic rings. The predicted octanol–water partition coefficient (Wildman–Crippen LogP) is 1.62. The summed E-state index contributed by atoms with van der Waals surface area (Å²) in [6.45, 7) is 2.48. The van der Waals surface area contributed by atoms with E-state index >= 15 is 0 Å². The molecule has 94 valence electrons. The molecule has 3 heteroatoms. The van der Waals surface area contributed by atoms with Gasteiger partial charge in [0, 0.05) is 25.7 Å². The zero-order valence-electron chi connectivity index (χ0n) is 10.5. The van der Waals surface area contributed by atoms with Crippen LogP contribution in [0.2, 0.25) is 0 Å². The molecule has 0 amide bonds. The summed E-state index contributed by atoms with van der Waals surface area (Å²) in [6, 6.07) is 10.8. The van der Waals surface area contributed by atoms with E-state index in [-0.39, 0.29) is 0 Å². The van der Waals surface area contributed by atoms with Gasteiger partial charge in [0.2, 0.25) is 0 Å². The maximum atomic E-state index is 5.89.